The zero-order chi connectivity index (χ0) is 21.1. The summed E-state index contributed by atoms with van der Waals surface area (Å²) in [6, 6.07) is 17.0. The molecule has 0 bridgehead atoms. The van der Waals surface area contributed by atoms with Crippen LogP contribution in [0.4, 0.5) is 5.69 Å². The number of fused-ring (bicyclic) bond motifs is 1. The van der Waals surface area contributed by atoms with Gasteiger partial charge in [-0.2, -0.15) is 0 Å². The standard InChI is InChI=1S/C23H22N2O4S/c1-15-3-6-17(7-4-15)24-22(26)14-25(2)23(27)21-10-9-20(30-21)16-5-8-18-19(13-16)29-12-11-28-18/h3-10,13H,11-12,14H2,1-2H3,(H,24,26). The lowest BCUT2D eigenvalue weighted by Gasteiger charge is -2.18. The number of benzene rings is 2. The summed E-state index contributed by atoms with van der Waals surface area (Å²) in [5.74, 6) is 1.02. The van der Waals surface area contributed by atoms with Gasteiger partial charge in [0.1, 0.15) is 13.2 Å². The zero-order valence-corrected chi connectivity index (χ0v) is 17.6. The minimum absolute atomic E-state index is 0.0238. The number of likely N-dealkylation sites (N-methyl/N-ethyl adjacent to an activating group) is 1. The van der Waals surface area contributed by atoms with Crippen molar-refractivity contribution in [3.63, 3.8) is 0 Å². The van der Waals surface area contributed by atoms with Gasteiger partial charge in [0, 0.05) is 17.6 Å². The number of anilines is 1. The Morgan fingerprint density at radius 3 is 2.50 bits per heavy atom. The lowest BCUT2D eigenvalue weighted by atomic mass is 10.1. The van der Waals surface area contributed by atoms with Crippen molar-refractivity contribution >= 4 is 28.8 Å². The fourth-order valence-corrected chi connectivity index (χ4v) is 4.11. The first kappa shape index (κ1) is 20.0. The molecule has 0 radical (unpaired) electrons. The lowest BCUT2D eigenvalue weighted by Crippen LogP contribution is -2.34. The van der Waals surface area contributed by atoms with Gasteiger partial charge < -0.3 is 19.7 Å². The second kappa shape index (κ2) is 8.59. The van der Waals surface area contributed by atoms with E-state index in [-0.39, 0.29) is 18.4 Å². The Balaban J connectivity index is 1.40. The zero-order valence-electron chi connectivity index (χ0n) is 16.8. The number of nitrogens with zero attached hydrogens (tertiary/aromatic N) is 1. The van der Waals surface area contributed by atoms with E-state index in [2.05, 4.69) is 5.32 Å². The van der Waals surface area contributed by atoms with Crippen LogP contribution in [0.5, 0.6) is 11.5 Å². The first-order valence-electron chi connectivity index (χ1n) is 9.61. The summed E-state index contributed by atoms with van der Waals surface area (Å²) in [6.45, 7) is 3.04. The quantitative estimate of drug-likeness (QED) is 0.669. The molecule has 0 saturated carbocycles. The number of rotatable bonds is 5. The van der Waals surface area contributed by atoms with Crippen LogP contribution < -0.4 is 14.8 Å². The van der Waals surface area contributed by atoms with E-state index in [0.29, 0.717) is 29.5 Å². The van der Waals surface area contributed by atoms with E-state index in [1.807, 2.05) is 55.5 Å². The molecular weight excluding hydrogens is 400 g/mol. The number of aryl methyl sites for hydroxylation is 1. The average Bonchev–Trinajstić information content (AvgIpc) is 3.24. The van der Waals surface area contributed by atoms with E-state index in [1.165, 1.54) is 16.2 Å². The number of carbonyl (C=O) groups excluding carboxylic acids is 2. The minimum atomic E-state index is -0.238. The summed E-state index contributed by atoms with van der Waals surface area (Å²) >= 11 is 1.39. The van der Waals surface area contributed by atoms with Crippen molar-refractivity contribution in [2.45, 2.75) is 6.92 Å². The third kappa shape index (κ3) is 4.46. The molecule has 0 aliphatic carbocycles. The molecule has 154 valence electrons. The van der Waals surface area contributed by atoms with E-state index in [4.69, 9.17) is 9.47 Å². The minimum Gasteiger partial charge on any atom is -0.486 e. The monoisotopic (exact) mass is 422 g/mol. The second-order valence-electron chi connectivity index (χ2n) is 7.10. The molecule has 0 atom stereocenters. The van der Waals surface area contributed by atoms with Crippen molar-refractivity contribution in [3.05, 3.63) is 65.0 Å². The predicted molar refractivity (Wildman–Crippen MR) is 118 cm³/mol. The maximum Gasteiger partial charge on any atom is 0.264 e. The van der Waals surface area contributed by atoms with Crippen molar-refractivity contribution < 1.29 is 19.1 Å². The summed E-state index contributed by atoms with van der Waals surface area (Å²) in [5, 5.41) is 2.81. The van der Waals surface area contributed by atoms with Gasteiger partial charge in [-0.25, -0.2) is 0 Å². The van der Waals surface area contributed by atoms with E-state index < -0.39 is 0 Å². The molecule has 0 unspecified atom stereocenters. The maximum atomic E-state index is 12.8. The normalized spacial score (nSPS) is 12.3. The summed E-state index contributed by atoms with van der Waals surface area (Å²) in [7, 11) is 1.63. The van der Waals surface area contributed by atoms with Crippen molar-refractivity contribution in [2.75, 3.05) is 32.1 Å². The predicted octanol–water partition coefficient (Wildman–Crippen LogP) is 4.21. The number of carbonyl (C=O) groups is 2. The number of hydrogen-bond donors (Lipinski definition) is 1. The topological polar surface area (TPSA) is 67.9 Å². The first-order chi connectivity index (χ1) is 14.5. The molecule has 6 nitrogen and oxygen atoms in total. The van der Waals surface area contributed by atoms with Crippen molar-refractivity contribution in [1.29, 1.82) is 0 Å². The molecule has 0 saturated heterocycles. The van der Waals surface area contributed by atoms with Crippen LogP contribution in [0.3, 0.4) is 0 Å². The van der Waals surface area contributed by atoms with Gasteiger partial charge in [-0.15, -0.1) is 11.3 Å². The van der Waals surface area contributed by atoms with E-state index in [1.54, 1.807) is 13.1 Å². The van der Waals surface area contributed by atoms with E-state index >= 15 is 0 Å². The number of hydrogen-bond acceptors (Lipinski definition) is 5. The molecule has 1 N–H and O–H groups in total. The SMILES string of the molecule is Cc1ccc(NC(=O)CN(C)C(=O)c2ccc(-c3ccc4c(c3)OCCO4)s2)cc1. The van der Waals surface area contributed by atoms with Crippen LogP contribution in [-0.2, 0) is 4.79 Å². The molecule has 2 heterocycles. The molecule has 0 fully saturated rings. The van der Waals surface area contributed by atoms with Crippen molar-refractivity contribution in [3.8, 4) is 21.9 Å². The van der Waals surface area contributed by atoms with E-state index in [0.717, 1.165) is 21.8 Å². The van der Waals surface area contributed by atoms with Gasteiger partial charge >= 0.3 is 0 Å². The second-order valence-corrected chi connectivity index (χ2v) is 8.18. The van der Waals surface area contributed by atoms with Crippen LogP contribution in [0.25, 0.3) is 10.4 Å². The molecule has 2 amide bonds. The smallest absolute Gasteiger partial charge is 0.264 e. The highest BCUT2D eigenvalue weighted by Crippen LogP contribution is 2.37. The van der Waals surface area contributed by atoms with Gasteiger partial charge in [-0.1, -0.05) is 17.7 Å². The number of amides is 2. The Kier molecular flexibility index (Phi) is 5.72. The van der Waals surface area contributed by atoms with Gasteiger partial charge in [-0.05, 0) is 55.0 Å². The van der Waals surface area contributed by atoms with E-state index in [9.17, 15) is 9.59 Å². The van der Waals surface area contributed by atoms with Gasteiger partial charge in [-0.3, -0.25) is 9.59 Å². The van der Waals surface area contributed by atoms with Crippen molar-refractivity contribution in [1.82, 2.24) is 4.90 Å². The molecule has 30 heavy (non-hydrogen) atoms. The molecule has 3 aromatic rings. The molecule has 1 aromatic heterocycles. The molecule has 1 aliphatic heterocycles. The van der Waals surface area contributed by atoms with Crippen LogP contribution in [0.15, 0.2) is 54.6 Å². The molecule has 7 heteroatoms. The highest BCUT2D eigenvalue weighted by atomic mass is 32.1. The van der Waals surface area contributed by atoms with Crippen LogP contribution in [0, 0.1) is 6.92 Å². The first-order valence-corrected chi connectivity index (χ1v) is 10.4. The van der Waals surface area contributed by atoms with Crippen molar-refractivity contribution in [2.24, 2.45) is 0 Å². The Labute approximate surface area is 179 Å². The number of thiophene rings is 1. The molecular formula is C23H22N2O4S. The van der Waals surface area contributed by atoms with Gasteiger partial charge in [0.25, 0.3) is 5.91 Å². The Hall–Kier alpha value is -3.32. The number of ether oxygens (including phenoxy) is 2. The number of nitrogens with one attached hydrogen (secondary N) is 1. The van der Waals surface area contributed by atoms with Gasteiger partial charge in [0.05, 0.1) is 11.4 Å². The van der Waals surface area contributed by atoms with Gasteiger partial charge in [0.2, 0.25) is 5.91 Å². The van der Waals surface area contributed by atoms with Crippen LogP contribution in [-0.4, -0.2) is 43.5 Å². The Morgan fingerprint density at radius 2 is 1.73 bits per heavy atom. The summed E-state index contributed by atoms with van der Waals surface area (Å²) < 4.78 is 11.2. The summed E-state index contributed by atoms with van der Waals surface area (Å²) in [5.41, 5.74) is 2.79. The third-order valence-corrected chi connectivity index (χ3v) is 5.83. The fraction of sp³-hybridized carbons (Fsp3) is 0.217. The Bertz CT molecular complexity index is 1080. The average molecular weight is 423 g/mol. The molecule has 2 aromatic carbocycles. The van der Waals surface area contributed by atoms with Crippen LogP contribution >= 0.6 is 11.3 Å². The molecule has 0 spiro atoms. The lowest BCUT2D eigenvalue weighted by molar-refractivity contribution is -0.116. The summed E-state index contributed by atoms with van der Waals surface area (Å²) in [4.78, 5) is 28.0. The highest BCUT2D eigenvalue weighted by molar-refractivity contribution is 7.17. The largest absolute Gasteiger partial charge is 0.486 e. The Morgan fingerprint density at radius 1 is 1.00 bits per heavy atom. The summed E-state index contributed by atoms with van der Waals surface area (Å²) in [6.07, 6.45) is 0. The highest BCUT2D eigenvalue weighted by Gasteiger charge is 2.19. The molecule has 1 aliphatic rings. The van der Waals surface area contributed by atoms with Crippen LogP contribution in [0.1, 0.15) is 15.2 Å². The fourth-order valence-electron chi connectivity index (χ4n) is 3.12. The van der Waals surface area contributed by atoms with Crippen LogP contribution in [0.2, 0.25) is 0 Å². The third-order valence-electron chi connectivity index (χ3n) is 4.71. The molecule has 4 rings (SSSR count). The van der Waals surface area contributed by atoms with Gasteiger partial charge in [0.15, 0.2) is 11.5 Å². The maximum absolute atomic E-state index is 12.8.